The Bertz CT molecular complexity index is 2260. The van der Waals surface area contributed by atoms with E-state index in [4.69, 9.17) is 10.5 Å². The second-order valence-electron chi connectivity index (χ2n) is 8.88. The van der Waals surface area contributed by atoms with Crippen molar-refractivity contribution < 1.29 is 11.0 Å². The summed E-state index contributed by atoms with van der Waals surface area (Å²) in [6.07, 6.45) is 0.467. The molecule has 7 rings (SSSR count). The number of imidazole rings is 1. The molecule has 1 aromatic heterocycles. The van der Waals surface area contributed by atoms with Gasteiger partial charge in [0, 0.05) is 17.2 Å². The molecular formula is C35H26N2. The lowest BCUT2D eigenvalue weighted by Crippen LogP contribution is -2.03. The minimum Gasteiger partial charge on any atom is -0.295 e. The average Bonchev–Trinajstić information content (AvgIpc) is 3.45. The predicted octanol–water partition coefficient (Wildman–Crippen LogP) is 9.23. The maximum atomic E-state index is 9.22. The summed E-state index contributed by atoms with van der Waals surface area (Å²) in [4.78, 5) is 4.81. The summed E-state index contributed by atoms with van der Waals surface area (Å²) in [7, 11) is 0. The lowest BCUT2D eigenvalue weighted by atomic mass is 9.89. The van der Waals surface area contributed by atoms with Crippen LogP contribution in [-0.2, 0) is 6.42 Å². The molecule has 7 aromatic rings. The number of fused-ring (bicyclic) bond motifs is 3. The topological polar surface area (TPSA) is 17.8 Å². The molecule has 0 aliphatic rings. The van der Waals surface area contributed by atoms with Crippen LogP contribution in [0.2, 0.25) is 0 Å². The highest BCUT2D eigenvalue weighted by Gasteiger charge is 2.20. The van der Waals surface area contributed by atoms with Crippen molar-refractivity contribution in [2.24, 2.45) is 0 Å². The number of rotatable bonds is 4. The van der Waals surface area contributed by atoms with Gasteiger partial charge in [0.2, 0.25) is 0 Å². The van der Waals surface area contributed by atoms with E-state index in [1.54, 1.807) is 4.57 Å². The van der Waals surface area contributed by atoms with Crippen LogP contribution >= 0.6 is 0 Å². The molecule has 0 aliphatic heterocycles. The summed E-state index contributed by atoms with van der Waals surface area (Å²) in [5, 5.41) is 0.685. The van der Waals surface area contributed by atoms with Gasteiger partial charge in [0.25, 0.3) is 0 Å². The lowest BCUT2D eigenvalue weighted by Gasteiger charge is -2.20. The minimum atomic E-state index is -0.430. The van der Waals surface area contributed by atoms with Crippen molar-refractivity contribution in [3.63, 3.8) is 0 Å². The molecule has 0 N–H and O–H groups in total. The van der Waals surface area contributed by atoms with Crippen molar-refractivity contribution in [2.45, 2.75) is 13.3 Å². The Balaban J connectivity index is 1.81. The van der Waals surface area contributed by atoms with Crippen molar-refractivity contribution >= 4 is 32.6 Å². The normalized spacial score (nSPS) is 14.5. The third kappa shape index (κ3) is 3.45. The van der Waals surface area contributed by atoms with E-state index in [1.807, 2.05) is 85.8 Å². The van der Waals surface area contributed by atoms with Crippen LogP contribution < -0.4 is 0 Å². The maximum Gasteiger partial charge on any atom is 0.114 e. The molecule has 0 radical (unpaired) electrons. The minimum absolute atomic E-state index is 0.163. The first-order valence-electron chi connectivity index (χ1n) is 16.2. The van der Waals surface area contributed by atoms with Gasteiger partial charge in [-0.1, -0.05) is 116 Å². The largest absolute Gasteiger partial charge is 0.295 e. The standard InChI is InChI=1S/C35H26N2/c1-2-33-36-31-21-10-11-22-32(31)37(33)35-29-19-8-6-17-27(29)34(28-18-7-9-20-30(28)35)26-16-12-15-25(23-26)24-13-4-3-5-14-24/h3-23H,2H2,1H3/i6D,7D,8D,9D,17D,18D,19D,20D. The van der Waals surface area contributed by atoms with Gasteiger partial charge in [-0.2, -0.15) is 0 Å². The first-order valence-corrected chi connectivity index (χ1v) is 12.2. The zero-order chi connectivity index (χ0) is 31.7. The van der Waals surface area contributed by atoms with Crippen LogP contribution in [0.15, 0.2) is 127 Å². The quantitative estimate of drug-likeness (QED) is 0.229. The molecule has 6 aromatic carbocycles. The fourth-order valence-electron chi connectivity index (χ4n) is 5.16. The van der Waals surface area contributed by atoms with Gasteiger partial charge in [-0.3, -0.25) is 4.57 Å². The first-order chi connectivity index (χ1) is 21.6. The molecule has 0 saturated heterocycles. The van der Waals surface area contributed by atoms with Crippen molar-refractivity contribution in [3.05, 3.63) is 133 Å². The van der Waals surface area contributed by atoms with E-state index in [9.17, 15) is 5.48 Å². The van der Waals surface area contributed by atoms with Gasteiger partial charge in [0.1, 0.15) is 5.82 Å². The number of aromatic nitrogens is 2. The Hall–Kier alpha value is -4.69. The smallest absolute Gasteiger partial charge is 0.114 e. The van der Waals surface area contributed by atoms with Crippen LogP contribution in [0.4, 0.5) is 0 Å². The zero-order valence-corrected chi connectivity index (χ0v) is 20.1. The van der Waals surface area contributed by atoms with E-state index in [1.165, 1.54) is 0 Å². The Kier molecular flexibility index (Phi) is 3.50. The third-order valence-electron chi connectivity index (χ3n) is 6.78. The van der Waals surface area contributed by atoms with Gasteiger partial charge in [0.05, 0.1) is 27.7 Å². The molecule has 0 amide bonds. The Morgan fingerprint density at radius 2 is 1.24 bits per heavy atom. The molecule has 0 atom stereocenters. The van der Waals surface area contributed by atoms with Gasteiger partial charge in [-0.15, -0.1) is 0 Å². The van der Waals surface area contributed by atoms with E-state index in [-0.39, 0.29) is 51.4 Å². The SMILES string of the molecule is [2H]c1c([2H])c([2H])c2c(-n3c(CC)nc4ccccc43)c3c([2H])c([2H])c([2H])c([2H])c3c(-c3cccc(-c4ccccc4)c3)c2c1[2H]. The zero-order valence-electron chi connectivity index (χ0n) is 28.1. The first kappa shape index (κ1) is 14.8. The molecule has 0 spiro atoms. The number of benzene rings is 6. The summed E-state index contributed by atoms with van der Waals surface area (Å²) >= 11 is 0. The van der Waals surface area contributed by atoms with Crippen LogP contribution in [0.5, 0.6) is 0 Å². The van der Waals surface area contributed by atoms with Crippen molar-refractivity contribution in [3.8, 4) is 27.9 Å². The van der Waals surface area contributed by atoms with Crippen LogP contribution in [0, 0.1) is 0 Å². The van der Waals surface area contributed by atoms with Gasteiger partial charge in [-0.05, 0) is 51.2 Å². The second-order valence-corrected chi connectivity index (χ2v) is 8.88. The molecule has 0 aliphatic carbocycles. The fraction of sp³-hybridized carbons (Fsp3) is 0.0571. The van der Waals surface area contributed by atoms with Crippen molar-refractivity contribution in [2.75, 3.05) is 0 Å². The van der Waals surface area contributed by atoms with E-state index >= 15 is 0 Å². The predicted molar refractivity (Wildman–Crippen MR) is 156 cm³/mol. The third-order valence-corrected chi connectivity index (χ3v) is 6.78. The molecule has 0 unspecified atom stereocenters. The summed E-state index contributed by atoms with van der Waals surface area (Å²) in [6, 6.07) is 21.7. The van der Waals surface area contributed by atoms with Crippen LogP contribution in [0.1, 0.15) is 23.7 Å². The summed E-state index contributed by atoms with van der Waals surface area (Å²) in [5.74, 6) is 0.595. The summed E-state index contributed by atoms with van der Waals surface area (Å²) < 4.78 is 73.4. The van der Waals surface area contributed by atoms with Crippen LogP contribution in [0.25, 0.3) is 60.5 Å². The monoisotopic (exact) mass is 482 g/mol. The molecule has 37 heavy (non-hydrogen) atoms. The van der Waals surface area contributed by atoms with E-state index in [0.717, 1.165) is 11.1 Å². The molecule has 2 heteroatoms. The molecule has 0 fully saturated rings. The van der Waals surface area contributed by atoms with Crippen molar-refractivity contribution in [1.82, 2.24) is 9.55 Å². The summed E-state index contributed by atoms with van der Waals surface area (Å²) in [6.45, 7) is 1.93. The maximum absolute atomic E-state index is 9.22. The van der Waals surface area contributed by atoms with E-state index in [0.29, 0.717) is 34.4 Å². The van der Waals surface area contributed by atoms with Gasteiger partial charge in [-0.25, -0.2) is 4.98 Å². The molecule has 2 nitrogen and oxygen atoms in total. The Labute approximate surface area is 227 Å². The highest BCUT2D eigenvalue weighted by molar-refractivity contribution is 6.18. The molecule has 0 bridgehead atoms. The Morgan fingerprint density at radius 1 is 0.649 bits per heavy atom. The summed E-state index contributed by atoms with van der Waals surface area (Å²) in [5.41, 5.74) is 4.27. The number of para-hydroxylation sites is 2. The number of hydrogen-bond donors (Lipinski definition) is 0. The van der Waals surface area contributed by atoms with Crippen LogP contribution in [-0.4, -0.2) is 9.55 Å². The van der Waals surface area contributed by atoms with Gasteiger partial charge < -0.3 is 0 Å². The number of nitrogens with zero attached hydrogens (tertiary/aromatic N) is 2. The van der Waals surface area contributed by atoms with E-state index < -0.39 is 24.2 Å². The van der Waals surface area contributed by atoms with Gasteiger partial charge >= 0.3 is 0 Å². The highest BCUT2D eigenvalue weighted by Crippen LogP contribution is 2.42. The average molecular weight is 483 g/mol. The van der Waals surface area contributed by atoms with Crippen molar-refractivity contribution in [1.29, 1.82) is 0 Å². The molecule has 176 valence electrons. The lowest BCUT2D eigenvalue weighted by molar-refractivity contribution is 0.917. The molecule has 1 heterocycles. The Morgan fingerprint density at radius 3 is 1.95 bits per heavy atom. The second kappa shape index (κ2) is 8.76. The molecule has 0 saturated carbocycles. The number of hydrogen-bond acceptors (Lipinski definition) is 1. The van der Waals surface area contributed by atoms with E-state index in [2.05, 4.69) is 0 Å². The van der Waals surface area contributed by atoms with Gasteiger partial charge in [0.15, 0.2) is 0 Å². The highest BCUT2D eigenvalue weighted by atomic mass is 15.1. The fourth-order valence-corrected chi connectivity index (χ4v) is 5.16. The number of aryl methyl sites for hydroxylation is 1. The van der Waals surface area contributed by atoms with Crippen LogP contribution in [0.3, 0.4) is 0 Å². The molecular weight excluding hydrogens is 448 g/mol.